The van der Waals surface area contributed by atoms with E-state index in [0.717, 1.165) is 23.1 Å². The van der Waals surface area contributed by atoms with Gasteiger partial charge < -0.3 is 0 Å². The van der Waals surface area contributed by atoms with Crippen molar-refractivity contribution in [1.29, 1.82) is 0 Å². The van der Waals surface area contributed by atoms with E-state index in [1.54, 1.807) is 12.1 Å². The Balaban J connectivity index is 2.15. The molecule has 3 nitrogen and oxygen atoms in total. The van der Waals surface area contributed by atoms with Crippen molar-refractivity contribution in [3.63, 3.8) is 0 Å². The smallest absolute Gasteiger partial charge is 0.207 e. The molecule has 0 bridgehead atoms. The number of hydrogen-bond donors (Lipinski definition) is 0. The molecule has 0 atom stereocenters. The van der Waals surface area contributed by atoms with Crippen molar-refractivity contribution in [2.75, 3.05) is 13.1 Å². The Bertz CT molecular complexity index is 706. The van der Waals surface area contributed by atoms with Gasteiger partial charge in [0.05, 0.1) is 4.90 Å². The van der Waals surface area contributed by atoms with Gasteiger partial charge in [-0.3, -0.25) is 0 Å². The molecule has 0 radical (unpaired) electrons. The number of rotatable bonds is 4. The first-order valence-electron chi connectivity index (χ1n) is 7.11. The summed E-state index contributed by atoms with van der Waals surface area (Å²) in [6.07, 6.45) is 4.79. The molecular formula is C17H21NO2S. The minimum Gasteiger partial charge on any atom is -0.207 e. The molecule has 0 saturated heterocycles. The Kier molecular flexibility index (Phi) is 4.84. The standard InChI is InChI=1S/C17H21NO2S/c1-4-14(2)5-8-16-11-12-18(13-16)21(19,20)17-9-6-15(3)7-10-17/h6-11H,4,12-13H2,1-3H3. The molecule has 112 valence electrons. The molecule has 1 aliphatic heterocycles. The molecule has 0 N–H and O–H groups in total. The number of benzene rings is 1. The van der Waals surface area contributed by atoms with Gasteiger partial charge in [-0.25, -0.2) is 8.42 Å². The molecular weight excluding hydrogens is 282 g/mol. The molecule has 0 aliphatic carbocycles. The molecule has 1 aromatic carbocycles. The number of aryl methyl sites for hydroxylation is 1. The summed E-state index contributed by atoms with van der Waals surface area (Å²) >= 11 is 0. The number of nitrogens with zero attached hydrogens (tertiary/aromatic N) is 1. The highest BCUT2D eigenvalue weighted by molar-refractivity contribution is 7.89. The van der Waals surface area contributed by atoms with Gasteiger partial charge in [0.1, 0.15) is 0 Å². The van der Waals surface area contributed by atoms with Crippen LogP contribution in [0.5, 0.6) is 0 Å². The summed E-state index contributed by atoms with van der Waals surface area (Å²) in [6.45, 7) is 6.88. The maximum absolute atomic E-state index is 12.5. The largest absolute Gasteiger partial charge is 0.243 e. The van der Waals surface area contributed by atoms with E-state index in [9.17, 15) is 8.42 Å². The SMILES string of the molecule is CCC(C)=C=CC1=CCN(S(=O)(=O)c2ccc(C)cc2)C1. The highest BCUT2D eigenvalue weighted by atomic mass is 32.2. The van der Waals surface area contributed by atoms with Crippen molar-refractivity contribution in [1.82, 2.24) is 4.31 Å². The molecule has 1 aromatic rings. The van der Waals surface area contributed by atoms with Crippen molar-refractivity contribution in [3.8, 4) is 0 Å². The zero-order chi connectivity index (χ0) is 15.5. The van der Waals surface area contributed by atoms with Gasteiger partial charge in [-0.1, -0.05) is 30.7 Å². The van der Waals surface area contributed by atoms with Gasteiger partial charge in [0, 0.05) is 13.1 Å². The fourth-order valence-corrected chi connectivity index (χ4v) is 3.38. The lowest BCUT2D eigenvalue weighted by atomic mass is 10.2. The Morgan fingerprint density at radius 1 is 1.33 bits per heavy atom. The average molecular weight is 303 g/mol. The first-order chi connectivity index (χ1) is 9.93. The van der Waals surface area contributed by atoms with Crippen molar-refractivity contribution in [2.45, 2.75) is 32.1 Å². The van der Waals surface area contributed by atoms with Gasteiger partial charge in [-0.2, -0.15) is 4.31 Å². The monoisotopic (exact) mass is 303 g/mol. The fraction of sp³-hybridized carbons (Fsp3) is 0.353. The lowest BCUT2D eigenvalue weighted by Crippen LogP contribution is -2.29. The third-order valence-electron chi connectivity index (χ3n) is 3.61. The molecule has 0 fully saturated rings. The molecule has 0 aromatic heterocycles. The molecule has 0 amide bonds. The number of sulfonamides is 1. The van der Waals surface area contributed by atoms with E-state index in [2.05, 4.69) is 12.7 Å². The molecule has 0 saturated carbocycles. The van der Waals surface area contributed by atoms with Gasteiger partial charge >= 0.3 is 0 Å². The van der Waals surface area contributed by atoms with Gasteiger partial charge in [0.2, 0.25) is 10.0 Å². The molecule has 4 heteroatoms. The van der Waals surface area contributed by atoms with Crippen molar-refractivity contribution < 1.29 is 8.42 Å². The highest BCUT2D eigenvalue weighted by Crippen LogP contribution is 2.21. The van der Waals surface area contributed by atoms with Gasteiger partial charge in [0.25, 0.3) is 0 Å². The van der Waals surface area contributed by atoms with Crippen LogP contribution >= 0.6 is 0 Å². The van der Waals surface area contributed by atoms with E-state index in [1.165, 1.54) is 4.31 Å². The summed E-state index contributed by atoms with van der Waals surface area (Å²) in [5.41, 5.74) is 6.41. The Hall–Kier alpha value is -1.61. The predicted molar refractivity (Wildman–Crippen MR) is 85.6 cm³/mol. The molecule has 1 aliphatic rings. The lowest BCUT2D eigenvalue weighted by Gasteiger charge is -2.16. The van der Waals surface area contributed by atoms with Crippen LogP contribution in [0.3, 0.4) is 0 Å². The molecule has 0 spiro atoms. The van der Waals surface area contributed by atoms with Crippen LogP contribution in [0.25, 0.3) is 0 Å². The summed E-state index contributed by atoms with van der Waals surface area (Å²) < 4.78 is 26.6. The van der Waals surface area contributed by atoms with Gasteiger partial charge in [0.15, 0.2) is 0 Å². The summed E-state index contributed by atoms with van der Waals surface area (Å²) in [6, 6.07) is 6.98. The van der Waals surface area contributed by atoms with Crippen molar-refractivity contribution >= 4 is 10.0 Å². The zero-order valence-electron chi connectivity index (χ0n) is 12.8. The minimum atomic E-state index is -3.41. The number of hydrogen-bond acceptors (Lipinski definition) is 2. The Labute approximate surface area is 127 Å². The summed E-state index contributed by atoms with van der Waals surface area (Å²) in [7, 11) is -3.41. The molecule has 21 heavy (non-hydrogen) atoms. The third kappa shape index (κ3) is 3.73. The maximum atomic E-state index is 12.5. The van der Waals surface area contributed by atoms with Crippen LogP contribution in [0.15, 0.2) is 58.2 Å². The van der Waals surface area contributed by atoms with Crippen LogP contribution in [0.1, 0.15) is 25.8 Å². The van der Waals surface area contributed by atoms with E-state index in [0.29, 0.717) is 18.0 Å². The summed E-state index contributed by atoms with van der Waals surface area (Å²) in [4.78, 5) is 0.354. The zero-order valence-corrected chi connectivity index (χ0v) is 13.6. The Morgan fingerprint density at radius 2 is 2.00 bits per heavy atom. The van der Waals surface area contributed by atoms with Gasteiger partial charge in [-0.15, -0.1) is 5.73 Å². The molecule has 1 heterocycles. The van der Waals surface area contributed by atoms with E-state index in [-0.39, 0.29) is 0 Å². The van der Waals surface area contributed by atoms with Crippen molar-refractivity contribution in [2.24, 2.45) is 0 Å². The van der Waals surface area contributed by atoms with E-state index in [1.807, 2.05) is 38.1 Å². The van der Waals surface area contributed by atoms with Crippen molar-refractivity contribution in [3.05, 3.63) is 58.9 Å². The lowest BCUT2D eigenvalue weighted by molar-refractivity contribution is 0.485. The second-order valence-corrected chi connectivity index (χ2v) is 7.25. The van der Waals surface area contributed by atoms with Crippen LogP contribution < -0.4 is 0 Å². The average Bonchev–Trinajstić information content (AvgIpc) is 2.95. The van der Waals surface area contributed by atoms with Crippen LogP contribution in [0.2, 0.25) is 0 Å². The quantitative estimate of drug-likeness (QED) is 0.799. The first kappa shape index (κ1) is 15.8. The second-order valence-electron chi connectivity index (χ2n) is 5.31. The molecule has 2 rings (SSSR count). The summed E-state index contributed by atoms with van der Waals surface area (Å²) in [5.74, 6) is 0. The van der Waals surface area contributed by atoms with Crippen LogP contribution in [0, 0.1) is 6.92 Å². The highest BCUT2D eigenvalue weighted by Gasteiger charge is 2.27. The molecule has 0 unspecified atom stereocenters. The third-order valence-corrected chi connectivity index (χ3v) is 5.43. The first-order valence-corrected chi connectivity index (χ1v) is 8.55. The predicted octanol–water partition coefficient (Wildman–Crippen LogP) is 3.44. The van der Waals surface area contributed by atoms with E-state index < -0.39 is 10.0 Å². The fourth-order valence-electron chi connectivity index (χ4n) is 2.02. The Morgan fingerprint density at radius 3 is 2.62 bits per heavy atom. The minimum absolute atomic E-state index is 0.354. The second kappa shape index (κ2) is 6.44. The maximum Gasteiger partial charge on any atom is 0.243 e. The van der Waals surface area contributed by atoms with Crippen LogP contribution in [0.4, 0.5) is 0 Å². The van der Waals surface area contributed by atoms with Gasteiger partial charge in [-0.05, 0) is 49.6 Å². The topological polar surface area (TPSA) is 37.4 Å². The van der Waals surface area contributed by atoms with Crippen LogP contribution in [-0.4, -0.2) is 25.8 Å². The summed E-state index contributed by atoms with van der Waals surface area (Å²) in [5, 5.41) is 0. The van der Waals surface area contributed by atoms with Crippen LogP contribution in [-0.2, 0) is 10.0 Å². The van der Waals surface area contributed by atoms with E-state index >= 15 is 0 Å². The van der Waals surface area contributed by atoms with E-state index in [4.69, 9.17) is 0 Å². The normalized spacial score (nSPS) is 15.5.